The summed E-state index contributed by atoms with van der Waals surface area (Å²) in [6, 6.07) is 16.1. The molecule has 48 heavy (non-hydrogen) atoms. The van der Waals surface area contributed by atoms with Gasteiger partial charge in [0.2, 0.25) is 0 Å². The first-order valence-electron chi connectivity index (χ1n) is 14.8. The van der Waals surface area contributed by atoms with Crippen LogP contribution in [0.5, 0.6) is 23.0 Å². The number of methoxy groups -OCH3 is 2. The molecule has 2 amide bonds. The van der Waals surface area contributed by atoms with Gasteiger partial charge in [0.15, 0.2) is 0 Å². The summed E-state index contributed by atoms with van der Waals surface area (Å²) < 4.78 is 54.9. The topological polar surface area (TPSA) is 168 Å². The second-order valence-electron chi connectivity index (χ2n) is 10.4. The van der Waals surface area contributed by atoms with E-state index >= 15 is 0 Å². The van der Waals surface area contributed by atoms with Crippen molar-refractivity contribution in [2.75, 3.05) is 54.7 Å². The Labute approximate surface area is 282 Å². The van der Waals surface area contributed by atoms with Gasteiger partial charge < -0.3 is 39.4 Å². The van der Waals surface area contributed by atoms with E-state index in [2.05, 4.69) is 10.6 Å². The minimum Gasteiger partial charge on any atom is -0.508 e. The van der Waals surface area contributed by atoms with E-state index in [9.17, 15) is 23.1 Å². The Bertz CT molecular complexity index is 1570. The van der Waals surface area contributed by atoms with Gasteiger partial charge in [0, 0.05) is 56.8 Å². The second kappa shape index (κ2) is 19.5. The van der Waals surface area contributed by atoms with E-state index in [0.717, 1.165) is 18.6 Å². The van der Waals surface area contributed by atoms with Crippen LogP contribution in [0, 0.1) is 6.92 Å². The lowest BCUT2D eigenvalue weighted by Gasteiger charge is -2.14. The van der Waals surface area contributed by atoms with Crippen LogP contribution in [0.1, 0.15) is 46.5 Å². The minimum atomic E-state index is -3.64. The maximum atomic E-state index is 11.8. The van der Waals surface area contributed by atoms with Crippen molar-refractivity contribution in [3.63, 3.8) is 0 Å². The number of amides is 2. The number of hydrogen-bond acceptors (Lipinski definition) is 11. The minimum absolute atomic E-state index is 0. The number of hydrogen-bond donors (Lipinski definition) is 3. The lowest BCUT2D eigenvalue weighted by atomic mass is 10.2. The molecule has 0 aliphatic carbocycles. The van der Waals surface area contributed by atoms with E-state index in [1.165, 1.54) is 26.3 Å². The molecule has 3 aromatic carbocycles. The third-order valence-corrected chi connectivity index (χ3v) is 8.25. The van der Waals surface area contributed by atoms with Gasteiger partial charge >= 0.3 is 0 Å². The molecule has 0 spiro atoms. The molecule has 5 rings (SSSR count). The maximum absolute atomic E-state index is 11.8. The fourth-order valence-corrected chi connectivity index (χ4v) is 5.43. The van der Waals surface area contributed by atoms with Gasteiger partial charge in [0.1, 0.15) is 35.2 Å². The Morgan fingerprint density at radius 3 is 1.77 bits per heavy atom. The van der Waals surface area contributed by atoms with Crippen molar-refractivity contribution in [2.24, 2.45) is 0 Å². The molecule has 0 saturated carbocycles. The lowest BCUT2D eigenvalue weighted by molar-refractivity contribution is 0.0954. The highest BCUT2D eigenvalue weighted by Crippen LogP contribution is 2.25. The average Bonchev–Trinajstić information content (AvgIpc) is 3.78. The number of phenols is 1. The number of aryl methyl sites for hydroxylation is 1. The molecule has 2 fully saturated rings. The molecular formula is C34H46N2O11S. The first-order valence-corrected chi connectivity index (χ1v) is 16.2. The Kier molecular flexibility index (Phi) is 16.1. The molecular weight excluding hydrogens is 644 g/mol. The molecule has 0 bridgehead atoms. The van der Waals surface area contributed by atoms with Crippen LogP contribution in [0.3, 0.4) is 0 Å². The highest BCUT2D eigenvalue weighted by Gasteiger charge is 2.25. The molecule has 14 heteroatoms. The van der Waals surface area contributed by atoms with Crippen LogP contribution in [-0.2, 0) is 23.8 Å². The monoisotopic (exact) mass is 690 g/mol. The summed E-state index contributed by atoms with van der Waals surface area (Å²) in [5.41, 5.74) is 1.91. The van der Waals surface area contributed by atoms with Crippen LogP contribution < -0.4 is 24.8 Å². The number of carbonyl (C=O) groups is 2. The summed E-state index contributed by atoms with van der Waals surface area (Å²) in [5, 5.41) is 14.2. The number of aromatic hydroxyl groups is 1. The predicted octanol–water partition coefficient (Wildman–Crippen LogP) is 4.11. The number of nitrogens with one attached hydrogen (secondary N) is 2. The van der Waals surface area contributed by atoms with Crippen molar-refractivity contribution in [3.05, 3.63) is 77.4 Å². The molecule has 2 atom stereocenters. The number of rotatable bonds is 9. The van der Waals surface area contributed by atoms with Crippen molar-refractivity contribution in [3.8, 4) is 23.0 Å². The zero-order valence-electron chi connectivity index (χ0n) is 27.1. The molecule has 3 aromatic rings. The van der Waals surface area contributed by atoms with E-state index in [0.29, 0.717) is 54.6 Å². The average molecular weight is 691 g/mol. The van der Waals surface area contributed by atoms with Gasteiger partial charge in [-0.25, -0.2) is 0 Å². The molecule has 3 N–H and O–H groups in total. The highest BCUT2D eigenvalue weighted by molar-refractivity contribution is 7.86. The van der Waals surface area contributed by atoms with Gasteiger partial charge in [-0.2, -0.15) is 8.42 Å². The van der Waals surface area contributed by atoms with E-state index in [1.54, 1.807) is 62.7 Å². The van der Waals surface area contributed by atoms with Crippen LogP contribution in [0.4, 0.5) is 0 Å². The zero-order valence-corrected chi connectivity index (χ0v) is 27.9. The van der Waals surface area contributed by atoms with Gasteiger partial charge in [-0.3, -0.25) is 13.8 Å². The third-order valence-electron chi connectivity index (χ3n) is 6.87. The summed E-state index contributed by atoms with van der Waals surface area (Å²) in [6.07, 6.45) is 1.21. The van der Waals surface area contributed by atoms with Crippen LogP contribution in [0.2, 0.25) is 0 Å². The summed E-state index contributed by atoms with van der Waals surface area (Å²) >= 11 is 0. The normalized spacial score (nSPS) is 16.5. The largest absolute Gasteiger partial charge is 0.508 e. The van der Waals surface area contributed by atoms with Crippen LogP contribution in [0.15, 0.2) is 65.6 Å². The fourth-order valence-electron chi connectivity index (χ4n) is 4.34. The van der Waals surface area contributed by atoms with Crippen LogP contribution >= 0.6 is 0 Å². The van der Waals surface area contributed by atoms with Gasteiger partial charge in [-0.1, -0.05) is 25.1 Å². The summed E-state index contributed by atoms with van der Waals surface area (Å²) in [6.45, 7) is 4.13. The highest BCUT2D eigenvalue weighted by atomic mass is 32.2. The molecule has 0 radical (unpaired) electrons. The van der Waals surface area contributed by atoms with Crippen molar-refractivity contribution < 1.29 is 51.0 Å². The quantitative estimate of drug-likeness (QED) is 0.277. The van der Waals surface area contributed by atoms with Gasteiger partial charge in [-0.15, -0.1) is 0 Å². The van der Waals surface area contributed by atoms with Crippen LogP contribution in [-0.4, -0.2) is 92.3 Å². The number of phenolic OH excluding ortho intramolecular Hbond substituents is 1. The molecule has 2 saturated heterocycles. The first-order chi connectivity index (χ1) is 22.5. The Morgan fingerprint density at radius 2 is 1.27 bits per heavy atom. The maximum Gasteiger partial charge on any atom is 0.297 e. The summed E-state index contributed by atoms with van der Waals surface area (Å²) in [7, 11) is 2.51. The predicted molar refractivity (Wildman–Crippen MR) is 180 cm³/mol. The van der Waals surface area contributed by atoms with Gasteiger partial charge in [0.05, 0.1) is 38.9 Å². The van der Waals surface area contributed by atoms with Crippen LogP contribution in [0.25, 0.3) is 0 Å². The third kappa shape index (κ3) is 12.3. The lowest BCUT2D eigenvalue weighted by Crippen LogP contribution is -2.19. The van der Waals surface area contributed by atoms with E-state index in [4.69, 9.17) is 27.9 Å². The van der Waals surface area contributed by atoms with Gasteiger partial charge in [0.25, 0.3) is 21.9 Å². The standard InChI is InChI=1S/C13H17NO4.C11H14O4S.C9H11NO3.CH4/c1-14-13(15)9-5-11(16-2)7-12(6-9)18-10-3-4-17-8-10;1-9-2-4-11(5-3-9)16(12,13)15-10-6-7-14-8-10;1-10-9(12)6-3-7(11)5-8(4-6)13-2;/h5-7,10H,3-4,8H2,1-2H3,(H,14,15);2-5,10H,6-8H2,1H3;3-5,11H,1-2H3,(H,10,12);1H4/t2*10-;;/m01../s1. The van der Waals surface area contributed by atoms with Crippen molar-refractivity contribution >= 4 is 21.9 Å². The Balaban J connectivity index is 0.000000251. The summed E-state index contributed by atoms with van der Waals surface area (Å²) in [5.74, 6) is 1.28. The second-order valence-corrected chi connectivity index (χ2v) is 12.0. The molecule has 2 heterocycles. The van der Waals surface area contributed by atoms with Crippen molar-refractivity contribution in [1.29, 1.82) is 0 Å². The SMILES string of the molecule is C.CNC(=O)c1cc(O)cc(OC)c1.CNC(=O)c1cc(OC)cc(O[C@H]2CCOC2)c1.Cc1ccc(S(=O)(=O)O[C@@H]2CCOC2)cc1. The summed E-state index contributed by atoms with van der Waals surface area (Å²) in [4.78, 5) is 23.0. The molecule has 2 aliphatic heterocycles. The molecule has 13 nitrogen and oxygen atoms in total. The molecule has 264 valence electrons. The Hall–Kier alpha value is -4.37. The Morgan fingerprint density at radius 1 is 0.771 bits per heavy atom. The fraction of sp³-hybridized carbons (Fsp3) is 0.412. The smallest absolute Gasteiger partial charge is 0.297 e. The first kappa shape index (κ1) is 39.8. The molecule has 2 aliphatic rings. The van der Waals surface area contributed by atoms with E-state index in [1.807, 2.05) is 6.92 Å². The van der Waals surface area contributed by atoms with E-state index < -0.39 is 10.1 Å². The van der Waals surface area contributed by atoms with Crippen molar-refractivity contribution in [1.82, 2.24) is 10.6 Å². The van der Waals surface area contributed by atoms with Crippen molar-refractivity contribution in [2.45, 2.75) is 44.3 Å². The van der Waals surface area contributed by atoms with E-state index in [-0.39, 0.29) is 42.1 Å². The zero-order chi connectivity index (χ0) is 34.4. The number of ether oxygens (including phenoxy) is 5. The molecule has 0 aromatic heterocycles. The molecule has 0 unspecified atom stereocenters. The number of benzene rings is 3. The number of carbonyl (C=O) groups excluding carboxylic acids is 2. The van der Waals surface area contributed by atoms with Gasteiger partial charge in [-0.05, 0) is 43.3 Å².